The number of benzene rings is 3. The maximum absolute atomic E-state index is 13.0. The van der Waals surface area contributed by atoms with Crippen LogP contribution in [0.5, 0.6) is 11.5 Å². The maximum Gasteiger partial charge on any atom is 0.326 e. The third kappa shape index (κ3) is 5.37. The van der Waals surface area contributed by atoms with Gasteiger partial charge in [0, 0.05) is 22.4 Å². The summed E-state index contributed by atoms with van der Waals surface area (Å²) in [5.74, 6) is -1.21. The molecule has 1 unspecified atom stereocenters. The molecule has 0 aliphatic rings. The van der Waals surface area contributed by atoms with Crippen LogP contribution in [0.25, 0.3) is 22.2 Å². The van der Waals surface area contributed by atoms with Crippen LogP contribution in [0.4, 0.5) is 0 Å². The van der Waals surface area contributed by atoms with E-state index in [0.29, 0.717) is 15.7 Å². The molecule has 0 aliphatic heterocycles. The minimum absolute atomic E-state index is 0.0687. The molecule has 1 aromatic heterocycles. The Morgan fingerprint density at radius 1 is 0.972 bits per heavy atom. The molecule has 9 heteroatoms. The van der Waals surface area contributed by atoms with Gasteiger partial charge in [0.05, 0.1) is 30.5 Å². The van der Waals surface area contributed by atoms with Crippen LogP contribution in [0.15, 0.2) is 66.7 Å². The van der Waals surface area contributed by atoms with Crippen LogP contribution in [0.2, 0.25) is 10.0 Å². The SMILES string of the molecule is COc1cccc(OC)c1C(=O)NC(Cc1ccc2nc(-c3ccc(Cl)cc3Cl)ccc2c1)C(=O)O. The highest BCUT2D eigenvalue weighted by Gasteiger charge is 2.25. The lowest BCUT2D eigenvalue weighted by Gasteiger charge is -2.18. The van der Waals surface area contributed by atoms with Crippen molar-refractivity contribution in [1.29, 1.82) is 0 Å². The lowest BCUT2D eigenvalue weighted by Crippen LogP contribution is -2.42. The Labute approximate surface area is 217 Å². The number of carbonyl (C=O) groups excluding carboxylic acids is 1. The first-order valence-electron chi connectivity index (χ1n) is 10.9. The number of hydrogen-bond acceptors (Lipinski definition) is 5. The Morgan fingerprint density at radius 2 is 1.69 bits per heavy atom. The molecule has 0 bridgehead atoms. The molecule has 0 saturated carbocycles. The molecule has 1 atom stereocenters. The van der Waals surface area contributed by atoms with E-state index < -0.39 is 17.9 Å². The summed E-state index contributed by atoms with van der Waals surface area (Å²) in [6, 6.07) is 18.1. The highest BCUT2D eigenvalue weighted by atomic mass is 35.5. The number of fused-ring (bicyclic) bond motifs is 1. The molecule has 1 amide bonds. The fraction of sp³-hybridized carbons (Fsp3) is 0.148. The number of aromatic nitrogens is 1. The average molecular weight is 525 g/mol. The molecule has 2 N–H and O–H groups in total. The summed E-state index contributed by atoms with van der Waals surface area (Å²) in [6.45, 7) is 0. The summed E-state index contributed by atoms with van der Waals surface area (Å²) in [4.78, 5) is 29.6. The van der Waals surface area contributed by atoms with E-state index >= 15 is 0 Å². The fourth-order valence-electron chi connectivity index (χ4n) is 3.89. The normalized spacial score (nSPS) is 11.7. The molecule has 3 aromatic carbocycles. The molecule has 36 heavy (non-hydrogen) atoms. The molecule has 0 spiro atoms. The zero-order chi connectivity index (χ0) is 25.8. The van der Waals surface area contributed by atoms with E-state index in [-0.39, 0.29) is 23.5 Å². The monoisotopic (exact) mass is 524 g/mol. The summed E-state index contributed by atoms with van der Waals surface area (Å²) >= 11 is 12.3. The Balaban J connectivity index is 1.58. The van der Waals surface area contributed by atoms with Gasteiger partial charge in [0.2, 0.25) is 0 Å². The second-order valence-electron chi connectivity index (χ2n) is 7.95. The molecule has 184 valence electrons. The summed E-state index contributed by atoms with van der Waals surface area (Å²) in [5.41, 5.74) is 3.02. The third-order valence-corrected chi connectivity index (χ3v) is 6.21. The molecular weight excluding hydrogens is 503 g/mol. The minimum atomic E-state index is -1.18. The van der Waals surface area contributed by atoms with E-state index in [0.717, 1.165) is 22.0 Å². The standard InChI is InChI=1S/C27H22Cl2N2O5/c1-35-23-4-3-5-24(36-2)25(23)26(32)31-22(27(33)34)13-15-6-10-20-16(12-15)7-11-21(30-20)18-9-8-17(28)14-19(18)29/h3-12,14,22H,13H2,1-2H3,(H,31,32)(H,33,34). The number of ether oxygens (including phenoxy) is 2. The summed E-state index contributed by atoms with van der Waals surface area (Å²) < 4.78 is 10.5. The van der Waals surface area contributed by atoms with Crippen molar-refractivity contribution in [3.63, 3.8) is 0 Å². The van der Waals surface area contributed by atoms with Crippen LogP contribution < -0.4 is 14.8 Å². The second kappa shape index (κ2) is 10.8. The molecule has 7 nitrogen and oxygen atoms in total. The first-order valence-corrected chi connectivity index (χ1v) is 11.7. The van der Waals surface area contributed by atoms with E-state index in [2.05, 4.69) is 10.3 Å². The van der Waals surface area contributed by atoms with E-state index in [9.17, 15) is 14.7 Å². The van der Waals surface area contributed by atoms with Gasteiger partial charge in [-0.05, 0) is 54.1 Å². The predicted octanol–water partition coefficient (Wildman–Crippen LogP) is 5.65. The number of amides is 1. The molecule has 0 aliphatic carbocycles. The zero-order valence-electron chi connectivity index (χ0n) is 19.4. The number of hydrogen-bond donors (Lipinski definition) is 2. The smallest absolute Gasteiger partial charge is 0.326 e. The number of methoxy groups -OCH3 is 2. The van der Waals surface area contributed by atoms with Gasteiger partial charge in [-0.3, -0.25) is 4.79 Å². The lowest BCUT2D eigenvalue weighted by atomic mass is 10.0. The van der Waals surface area contributed by atoms with Gasteiger partial charge in [0.25, 0.3) is 5.91 Å². The average Bonchev–Trinajstić information content (AvgIpc) is 2.87. The van der Waals surface area contributed by atoms with Crippen LogP contribution >= 0.6 is 23.2 Å². The fourth-order valence-corrected chi connectivity index (χ4v) is 4.40. The Morgan fingerprint density at radius 3 is 2.33 bits per heavy atom. The lowest BCUT2D eigenvalue weighted by molar-refractivity contribution is -0.139. The van der Waals surface area contributed by atoms with Gasteiger partial charge in [-0.2, -0.15) is 0 Å². The highest BCUT2D eigenvalue weighted by molar-refractivity contribution is 6.36. The summed E-state index contributed by atoms with van der Waals surface area (Å²) in [5, 5.41) is 14.2. The molecule has 0 saturated heterocycles. The Kier molecular flexibility index (Phi) is 7.62. The van der Waals surface area contributed by atoms with Crippen molar-refractivity contribution in [2.45, 2.75) is 12.5 Å². The topological polar surface area (TPSA) is 97.8 Å². The number of pyridine rings is 1. The van der Waals surface area contributed by atoms with Crippen LogP contribution in [0, 0.1) is 0 Å². The van der Waals surface area contributed by atoms with Crippen molar-refractivity contribution in [1.82, 2.24) is 10.3 Å². The minimum Gasteiger partial charge on any atom is -0.496 e. The van der Waals surface area contributed by atoms with Gasteiger partial charge >= 0.3 is 5.97 Å². The number of carboxylic acids is 1. The van der Waals surface area contributed by atoms with Crippen LogP contribution in [0.1, 0.15) is 15.9 Å². The largest absolute Gasteiger partial charge is 0.496 e. The molecule has 4 rings (SSSR count). The highest BCUT2D eigenvalue weighted by Crippen LogP contribution is 2.31. The van der Waals surface area contributed by atoms with Gasteiger partial charge in [-0.15, -0.1) is 0 Å². The Hall–Kier alpha value is -3.81. The van der Waals surface area contributed by atoms with Gasteiger partial charge in [-0.25, -0.2) is 9.78 Å². The molecule has 0 radical (unpaired) electrons. The predicted molar refractivity (Wildman–Crippen MR) is 139 cm³/mol. The quantitative estimate of drug-likeness (QED) is 0.309. The van der Waals surface area contributed by atoms with Crippen molar-refractivity contribution < 1.29 is 24.2 Å². The molecule has 4 aromatic rings. The maximum atomic E-state index is 13.0. The number of nitrogens with one attached hydrogen (secondary N) is 1. The zero-order valence-corrected chi connectivity index (χ0v) is 20.9. The van der Waals surface area contributed by atoms with Gasteiger partial charge in [-0.1, -0.05) is 41.4 Å². The van der Waals surface area contributed by atoms with Crippen molar-refractivity contribution in [3.05, 3.63) is 87.9 Å². The van der Waals surface area contributed by atoms with Crippen LogP contribution in [0.3, 0.4) is 0 Å². The number of aliphatic carboxylic acids is 1. The summed E-state index contributed by atoms with van der Waals surface area (Å²) in [7, 11) is 2.85. The number of carbonyl (C=O) groups is 2. The van der Waals surface area contributed by atoms with Crippen molar-refractivity contribution in [2.75, 3.05) is 14.2 Å². The van der Waals surface area contributed by atoms with E-state index in [4.69, 9.17) is 32.7 Å². The molecular formula is C27H22Cl2N2O5. The van der Waals surface area contributed by atoms with E-state index in [1.54, 1.807) is 36.4 Å². The third-order valence-electron chi connectivity index (χ3n) is 5.66. The molecule has 0 fully saturated rings. The second-order valence-corrected chi connectivity index (χ2v) is 8.80. The van der Waals surface area contributed by atoms with Crippen molar-refractivity contribution in [3.8, 4) is 22.8 Å². The number of rotatable bonds is 8. The summed E-state index contributed by atoms with van der Waals surface area (Å²) in [6.07, 6.45) is 0.0687. The van der Waals surface area contributed by atoms with Gasteiger partial charge in [0.1, 0.15) is 23.1 Å². The number of carboxylic acid groups (broad SMARTS) is 1. The first-order chi connectivity index (χ1) is 17.3. The van der Waals surface area contributed by atoms with Gasteiger partial charge in [0.15, 0.2) is 0 Å². The van der Waals surface area contributed by atoms with Crippen LogP contribution in [-0.2, 0) is 11.2 Å². The van der Waals surface area contributed by atoms with Crippen molar-refractivity contribution in [2.24, 2.45) is 0 Å². The van der Waals surface area contributed by atoms with Crippen LogP contribution in [-0.4, -0.2) is 42.2 Å². The van der Waals surface area contributed by atoms with E-state index in [1.807, 2.05) is 30.3 Å². The molecule has 1 heterocycles. The van der Waals surface area contributed by atoms with E-state index in [1.165, 1.54) is 14.2 Å². The first kappa shape index (κ1) is 25.3. The van der Waals surface area contributed by atoms with Gasteiger partial charge < -0.3 is 19.9 Å². The van der Waals surface area contributed by atoms with Crippen molar-refractivity contribution >= 4 is 46.0 Å². The number of nitrogens with zero attached hydrogens (tertiary/aromatic N) is 1. The number of halogens is 2. The Bertz CT molecular complexity index is 1440.